The zero-order valence-corrected chi connectivity index (χ0v) is 10.6. The molecule has 0 unspecified atom stereocenters. The van der Waals surface area contributed by atoms with Crippen LogP contribution >= 0.6 is 0 Å². The fraction of sp³-hybridized carbons (Fsp3) is 0.133. The number of benzene rings is 2. The molecule has 0 aliphatic carbocycles. The lowest BCUT2D eigenvalue weighted by atomic mass is 10.2. The van der Waals surface area contributed by atoms with Crippen LogP contribution in [0.4, 0.5) is 17.1 Å². The Balaban J connectivity index is 2.31. The Hall–Kier alpha value is -2.29. The highest BCUT2D eigenvalue weighted by Gasteiger charge is 2.07. The smallest absolute Gasteiger partial charge is 0.218 e. The van der Waals surface area contributed by atoms with Crippen molar-refractivity contribution in [2.75, 3.05) is 23.9 Å². The van der Waals surface area contributed by atoms with Gasteiger partial charge in [0.2, 0.25) is 6.41 Å². The molecule has 0 saturated heterocycles. The van der Waals surface area contributed by atoms with Crippen LogP contribution in [0.3, 0.4) is 0 Å². The second-order valence-corrected chi connectivity index (χ2v) is 4.22. The number of nitrogens with zero attached hydrogens (tertiary/aromatic N) is 2. The van der Waals surface area contributed by atoms with Gasteiger partial charge in [0, 0.05) is 31.2 Å². The Morgan fingerprint density at radius 3 is 1.78 bits per heavy atom. The Kier molecular flexibility index (Phi) is 3.63. The van der Waals surface area contributed by atoms with Crippen LogP contribution in [0.25, 0.3) is 0 Å². The van der Waals surface area contributed by atoms with Crippen molar-refractivity contribution >= 4 is 23.5 Å². The molecule has 0 saturated carbocycles. The highest BCUT2D eigenvalue weighted by molar-refractivity contribution is 5.86. The SMILES string of the molecule is CN(C)c1ccc(N(C=O)c2ccccc2)cc1. The average Bonchev–Trinajstić information content (AvgIpc) is 2.41. The van der Waals surface area contributed by atoms with Crippen LogP contribution in [0.2, 0.25) is 0 Å². The van der Waals surface area contributed by atoms with Gasteiger partial charge in [-0.05, 0) is 36.4 Å². The summed E-state index contributed by atoms with van der Waals surface area (Å²) in [6.07, 6.45) is 0.833. The molecule has 2 rings (SSSR count). The maximum atomic E-state index is 11.2. The van der Waals surface area contributed by atoms with Crippen molar-refractivity contribution in [3.05, 3.63) is 54.6 Å². The first-order valence-corrected chi connectivity index (χ1v) is 5.79. The van der Waals surface area contributed by atoms with E-state index in [1.165, 1.54) is 0 Å². The van der Waals surface area contributed by atoms with Crippen LogP contribution in [0.1, 0.15) is 0 Å². The Labute approximate surface area is 107 Å². The van der Waals surface area contributed by atoms with E-state index in [9.17, 15) is 4.79 Å². The van der Waals surface area contributed by atoms with Crippen LogP contribution in [-0.4, -0.2) is 20.5 Å². The second-order valence-electron chi connectivity index (χ2n) is 4.22. The molecule has 92 valence electrons. The summed E-state index contributed by atoms with van der Waals surface area (Å²) in [4.78, 5) is 14.9. The molecule has 0 bridgehead atoms. The molecule has 0 heterocycles. The summed E-state index contributed by atoms with van der Waals surface area (Å²) in [5, 5.41) is 0. The Bertz CT molecular complexity index is 506. The topological polar surface area (TPSA) is 23.6 Å². The number of amides is 1. The van der Waals surface area contributed by atoms with E-state index in [1.54, 1.807) is 4.90 Å². The molecule has 0 N–H and O–H groups in total. The van der Waals surface area contributed by atoms with E-state index < -0.39 is 0 Å². The number of hydrogen-bond acceptors (Lipinski definition) is 2. The summed E-state index contributed by atoms with van der Waals surface area (Å²) in [7, 11) is 3.98. The molecule has 18 heavy (non-hydrogen) atoms. The van der Waals surface area contributed by atoms with E-state index in [-0.39, 0.29) is 0 Å². The third kappa shape index (κ3) is 2.51. The van der Waals surface area contributed by atoms with E-state index in [2.05, 4.69) is 0 Å². The third-order valence-corrected chi connectivity index (χ3v) is 2.78. The van der Waals surface area contributed by atoms with Crippen molar-refractivity contribution in [3.63, 3.8) is 0 Å². The highest BCUT2D eigenvalue weighted by atomic mass is 16.1. The van der Waals surface area contributed by atoms with Gasteiger partial charge in [-0.25, -0.2) is 0 Å². The minimum atomic E-state index is 0.833. The van der Waals surface area contributed by atoms with Crippen molar-refractivity contribution in [2.45, 2.75) is 0 Å². The largest absolute Gasteiger partial charge is 0.378 e. The van der Waals surface area contributed by atoms with E-state index in [4.69, 9.17) is 0 Å². The van der Waals surface area contributed by atoms with Gasteiger partial charge in [0.1, 0.15) is 0 Å². The first kappa shape index (κ1) is 12.2. The lowest BCUT2D eigenvalue weighted by Gasteiger charge is -2.19. The van der Waals surface area contributed by atoms with Gasteiger partial charge in [-0.15, -0.1) is 0 Å². The lowest BCUT2D eigenvalue weighted by molar-refractivity contribution is -0.106. The molecule has 0 radical (unpaired) electrons. The zero-order valence-electron chi connectivity index (χ0n) is 10.6. The van der Waals surface area contributed by atoms with Gasteiger partial charge in [0.15, 0.2) is 0 Å². The van der Waals surface area contributed by atoms with Crippen molar-refractivity contribution in [2.24, 2.45) is 0 Å². The van der Waals surface area contributed by atoms with Gasteiger partial charge in [0.25, 0.3) is 0 Å². The van der Waals surface area contributed by atoms with Crippen LogP contribution in [-0.2, 0) is 4.79 Å². The molecule has 0 aromatic heterocycles. The lowest BCUT2D eigenvalue weighted by Crippen LogP contribution is -2.14. The minimum absolute atomic E-state index is 0.833. The fourth-order valence-corrected chi connectivity index (χ4v) is 1.77. The number of carbonyl (C=O) groups excluding carboxylic acids is 1. The van der Waals surface area contributed by atoms with Gasteiger partial charge in [-0.2, -0.15) is 0 Å². The molecule has 0 aliphatic heterocycles. The summed E-state index contributed by atoms with van der Waals surface area (Å²) >= 11 is 0. The Morgan fingerprint density at radius 1 is 0.778 bits per heavy atom. The highest BCUT2D eigenvalue weighted by Crippen LogP contribution is 2.25. The van der Waals surface area contributed by atoms with E-state index in [0.29, 0.717) is 0 Å². The quantitative estimate of drug-likeness (QED) is 0.767. The molecule has 0 spiro atoms. The van der Waals surface area contributed by atoms with Crippen LogP contribution in [0.5, 0.6) is 0 Å². The minimum Gasteiger partial charge on any atom is -0.378 e. The normalized spacial score (nSPS) is 9.89. The van der Waals surface area contributed by atoms with Crippen LogP contribution in [0.15, 0.2) is 54.6 Å². The van der Waals surface area contributed by atoms with Crippen molar-refractivity contribution in [1.29, 1.82) is 0 Å². The molecule has 0 aliphatic rings. The summed E-state index contributed by atoms with van der Waals surface area (Å²) < 4.78 is 0. The summed E-state index contributed by atoms with van der Waals surface area (Å²) in [5.74, 6) is 0. The number of hydrogen-bond donors (Lipinski definition) is 0. The second kappa shape index (κ2) is 5.36. The fourth-order valence-electron chi connectivity index (χ4n) is 1.77. The van der Waals surface area contributed by atoms with Crippen molar-refractivity contribution < 1.29 is 4.79 Å². The van der Waals surface area contributed by atoms with Gasteiger partial charge in [0.05, 0.1) is 0 Å². The summed E-state index contributed by atoms with van der Waals surface area (Å²) in [5.41, 5.74) is 2.84. The first-order valence-electron chi connectivity index (χ1n) is 5.79. The van der Waals surface area contributed by atoms with Crippen molar-refractivity contribution in [1.82, 2.24) is 0 Å². The Morgan fingerprint density at radius 2 is 1.28 bits per heavy atom. The molecular weight excluding hydrogens is 224 g/mol. The number of para-hydroxylation sites is 1. The van der Waals surface area contributed by atoms with Crippen LogP contribution in [0, 0.1) is 0 Å². The molecule has 1 amide bonds. The summed E-state index contributed by atoms with van der Waals surface area (Å²) in [6, 6.07) is 17.5. The predicted octanol–water partition coefficient (Wildman–Crippen LogP) is 3.05. The molecule has 0 fully saturated rings. The molecule has 2 aromatic rings. The molecular formula is C15H16N2O. The van der Waals surface area contributed by atoms with Gasteiger partial charge >= 0.3 is 0 Å². The molecule has 3 nitrogen and oxygen atoms in total. The monoisotopic (exact) mass is 240 g/mol. The van der Waals surface area contributed by atoms with Crippen molar-refractivity contribution in [3.8, 4) is 0 Å². The van der Waals surface area contributed by atoms with Gasteiger partial charge < -0.3 is 4.90 Å². The third-order valence-electron chi connectivity index (χ3n) is 2.78. The van der Waals surface area contributed by atoms with Gasteiger partial charge in [-0.3, -0.25) is 9.69 Å². The van der Waals surface area contributed by atoms with E-state index in [1.807, 2.05) is 73.6 Å². The first-order chi connectivity index (χ1) is 8.72. The molecule has 0 atom stereocenters. The van der Waals surface area contributed by atoms with Crippen LogP contribution < -0.4 is 9.80 Å². The number of carbonyl (C=O) groups is 1. The zero-order chi connectivity index (χ0) is 13.0. The summed E-state index contributed by atoms with van der Waals surface area (Å²) in [6.45, 7) is 0. The predicted molar refractivity (Wildman–Crippen MR) is 75.4 cm³/mol. The molecule has 3 heteroatoms. The number of rotatable bonds is 4. The molecule has 2 aromatic carbocycles. The average molecular weight is 240 g/mol. The maximum absolute atomic E-state index is 11.2. The maximum Gasteiger partial charge on any atom is 0.218 e. The van der Waals surface area contributed by atoms with E-state index >= 15 is 0 Å². The standard InChI is InChI=1S/C15H16N2O/c1-16(2)13-8-10-15(11-9-13)17(12-18)14-6-4-3-5-7-14/h3-12H,1-2H3. The van der Waals surface area contributed by atoms with Gasteiger partial charge in [-0.1, -0.05) is 18.2 Å². The number of anilines is 3. The van der Waals surface area contributed by atoms with E-state index in [0.717, 1.165) is 23.5 Å².